The number of amides is 1. The van der Waals surface area contributed by atoms with Crippen LogP contribution in [-0.4, -0.2) is 153 Å². The fraction of sp³-hybridized carbons (Fsp3) is 0.667. The molecule has 0 unspecified atom stereocenters. The van der Waals surface area contributed by atoms with Crippen LogP contribution in [0, 0.1) is 0 Å². The number of nitrogens with zero attached hydrogens (tertiary/aromatic N) is 5. The van der Waals surface area contributed by atoms with Gasteiger partial charge in [0.15, 0.2) is 0 Å². The van der Waals surface area contributed by atoms with Gasteiger partial charge in [-0.05, 0) is 13.8 Å². The summed E-state index contributed by atoms with van der Waals surface area (Å²) in [7, 11) is 0. The van der Waals surface area contributed by atoms with E-state index in [9.17, 15) is 39.3 Å². The van der Waals surface area contributed by atoms with Crippen molar-refractivity contribution in [1.29, 1.82) is 0 Å². The van der Waals surface area contributed by atoms with E-state index in [0.717, 1.165) is 0 Å². The van der Waals surface area contributed by atoms with Crippen LogP contribution in [0.1, 0.15) is 13.8 Å². The van der Waals surface area contributed by atoms with Gasteiger partial charge in [0.2, 0.25) is 5.91 Å². The van der Waals surface area contributed by atoms with E-state index in [1.54, 1.807) is 28.5 Å². The van der Waals surface area contributed by atoms with Crippen molar-refractivity contribution >= 4 is 29.8 Å². The second-order valence-electron chi connectivity index (χ2n) is 8.48. The van der Waals surface area contributed by atoms with Gasteiger partial charge < -0.3 is 35.1 Å². The van der Waals surface area contributed by atoms with Gasteiger partial charge in [0, 0.05) is 57.7 Å². The molecular weight excluding hydrogens is 466 g/mol. The zero-order chi connectivity index (χ0) is 26.5. The predicted molar refractivity (Wildman–Crippen MR) is 123 cm³/mol. The molecule has 0 aliphatic carbocycles. The first kappa shape index (κ1) is 29.6. The van der Waals surface area contributed by atoms with Gasteiger partial charge in [-0.3, -0.25) is 33.8 Å². The number of hydrogen-bond acceptors (Lipinski definition) is 9. The summed E-state index contributed by atoms with van der Waals surface area (Å²) >= 11 is 0. The summed E-state index contributed by atoms with van der Waals surface area (Å²) in [5.41, 5.74) is 0. The summed E-state index contributed by atoms with van der Waals surface area (Å²) < 4.78 is 0. The predicted octanol–water partition coefficient (Wildman–Crippen LogP) is -1.75. The molecule has 198 valence electrons. The first-order valence-electron chi connectivity index (χ1n) is 11.1. The highest BCUT2D eigenvalue weighted by Crippen LogP contribution is 2.05. The summed E-state index contributed by atoms with van der Waals surface area (Å²) in [5, 5.41) is 36.8. The minimum Gasteiger partial charge on any atom is -0.480 e. The Morgan fingerprint density at radius 1 is 0.657 bits per heavy atom. The van der Waals surface area contributed by atoms with Crippen molar-refractivity contribution in [2.24, 2.45) is 0 Å². The molecule has 0 aromatic rings. The number of carboxylic acid groups (broad SMARTS) is 4. The average Bonchev–Trinajstić information content (AvgIpc) is 2.72. The molecule has 4 N–H and O–H groups in total. The largest absolute Gasteiger partial charge is 0.480 e. The molecule has 0 fully saturated rings. The Balaban J connectivity index is 3.16. The third-order valence-electron chi connectivity index (χ3n) is 5.27. The Morgan fingerprint density at radius 3 is 1.43 bits per heavy atom. The molecule has 14 nitrogen and oxygen atoms in total. The lowest BCUT2D eigenvalue weighted by Gasteiger charge is -2.32. The Bertz CT molecular complexity index is 789. The van der Waals surface area contributed by atoms with Gasteiger partial charge in [0.05, 0.1) is 19.6 Å². The minimum absolute atomic E-state index is 0.186. The zero-order valence-electron chi connectivity index (χ0n) is 20.1. The maximum atomic E-state index is 12.8. The van der Waals surface area contributed by atoms with Crippen LogP contribution in [0.5, 0.6) is 0 Å². The highest BCUT2D eigenvalue weighted by molar-refractivity contribution is 5.83. The number of hydrogen-bond donors (Lipinski definition) is 4. The van der Waals surface area contributed by atoms with Crippen molar-refractivity contribution in [2.75, 3.05) is 72.0 Å². The van der Waals surface area contributed by atoms with Crippen LogP contribution in [0.15, 0.2) is 12.4 Å². The number of carboxylic acids is 4. The summed E-state index contributed by atoms with van der Waals surface area (Å²) in [6.07, 6.45) is 3.00. The van der Waals surface area contributed by atoms with E-state index in [2.05, 4.69) is 0 Å². The first-order valence-corrected chi connectivity index (χ1v) is 11.1. The van der Waals surface area contributed by atoms with E-state index in [4.69, 9.17) is 5.11 Å². The van der Waals surface area contributed by atoms with Crippen LogP contribution in [0.3, 0.4) is 0 Å². The average molecular weight is 502 g/mol. The van der Waals surface area contributed by atoms with Crippen LogP contribution in [-0.2, 0) is 24.0 Å². The van der Waals surface area contributed by atoms with Crippen LogP contribution in [0.4, 0.5) is 0 Å². The van der Waals surface area contributed by atoms with Crippen molar-refractivity contribution in [2.45, 2.75) is 19.9 Å². The monoisotopic (exact) mass is 501 g/mol. The molecule has 0 spiro atoms. The number of carbonyl (C=O) groups excluding carboxylic acids is 1. The Morgan fingerprint density at radius 2 is 1.06 bits per heavy atom. The van der Waals surface area contributed by atoms with Crippen molar-refractivity contribution in [3.63, 3.8) is 0 Å². The Kier molecular flexibility index (Phi) is 12.5. The fourth-order valence-electron chi connectivity index (χ4n) is 3.49. The van der Waals surface area contributed by atoms with Crippen LogP contribution in [0.2, 0.25) is 0 Å². The maximum absolute atomic E-state index is 12.8. The molecule has 1 aliphatic heterocycles. The van der Waals surface area contributed by atoms with Crippen molar-refractivity contribution in [3.05, 3.63) is 12.4 Å². The SMILES string of the molecule is CC(C)N(CC(=O)O)C(=O)CN1/C=C\N(CC(=O)O)CCN(CC(=O)O)CCN(CC(=O)O)CC1. The van der Waals surface area contributed by atoms with Crippen LogP contribution < -0.4 is 0 Å². The molecule has 1 amide bonds. The van der Waals surface area contributed by atoms with Crippen molar-refractivity contribution < 1.29 is 44.4 Å². The molecule has 1 heterocycles. The normalized spacial score (nSPS) is 17.3. The number of aliphatic carboxylic acids is 4. The lowest BCUT2D eigenvalue weighted by Crippen LogP contribution is -2.48. The summed E-state index contributed by atoms with van der Waals surface area (Å²) in [5.74, 6) is -4.79. The van der Waals surface area contributed by atoms with Gasteiger partial charge in [0.1, 0.15) is 13.1 Å². The molecule has 0 bridgehead atoms. The van der Waals surface area contributed by atoms with E-state index in [0.29, 0.717) is 0 Å². The molecule has 0 aromatic carbocycles. The fourth-order valence-corrected chi connectivity index (χ4v) is 3.49. The second kappa shape index (κ2) is 14.8. The second-order valence-corrected chi connectivity index (χ2v) is 8.48. The molecular formula is C21H35N5O9. The number of carbonyl (C=O) groups is 5. The molecule has 0 radical (unpaired) electrons. The molecule has 35 heavy (non-hydrogen) atoms. The van der Waals surface area contributed by atoms with Gasteiger partial charge in [-0.2, -0.15) is 0 Å². The van der Waals surface area contributed by atoms with Gasteiger partial charge in [-0.1, -0.05) is 0 Å². The summed E-state index contributed by atoms with van der Waals surface area (Å²) in [4.78, 5) is 65.3. The van der Waals surface area contributed by atoms with Crippen molar-refractivity contribution in [3.8, 4) is 0 Å². The lowest BCUT2D eigenvalue weighted by molar-refractivity contribution is -0.146. The van der Waals surface area contributed by atoms with E-state index in [1.165, 1.54) is 22.2 Å². The number of rotatable bonds is 11. The van der Waals surface area contributed by atoms with Gasteiger partial charge in [0.25, 0.3) is 0 Å². The highest BCUT2D eigenvalue weighted by atomic mass is 16.4. The van der Waals surface area contributed by atoms with E-state index >= 15 is 0 Å². The Labute approximate surface area is 203 Å². The molecule has 0 aromatic heterocycles. The third kappa shape index (κ3) is 12.6. The smallest absolute Gasteiger partial charge is 0.323 e. The molecule has 0 saturated carbocycles. The van der Waals surface area contributed by atoms with E-state index < -0.39 is 36.3 Å². The maximum Gasteiger partial charge on any atom is 0.323 e. The Hall–Kier alpha value is -3.39. The minimum atomic E-state index is -1.15. The summed E-state index contributed by atoms with van der Waals surface area (Å²) in [6.45, 7) is 3.17. The van der Waals surface area contributed by atoms with E-state index in [-0.39, 0.29) is 71.5 Å². The quantitative estimate of drug-likeness (QED) is 0.250. The third-order valence-corrected chi connectivity index (χ3v) is 5.27. The molecule has 0 saturated heterocycles. The van der Waals surface area contributed by atoms with E-state index in [1.807, 2.05) is 0 Å². The molecule has 1 aliphatic rings. The van der Waals surface area contributed by atoms with Crippen LogP contribution in [0.25, 0.3) is 0 Å². The van der Waals surface area contributed by atoms with Crippen LogP contribution >= 0.6 is 0 Å². The highest BCUT2D eigenvalue weighted by Gasteiger charge is 2.23. The molecule has 14 heteroatoms. The standard InChI is InChI=1S/C21H35N5O9/c1-16(2)26(15-21(34)35)17(27)11-22-3-5-23(12-18(28)29)7-9-25(14-20(32)33)10-8-24(6-4-22)13-19(30)31/h3,5,16H,4,6-15H2,1-2H3,(H,28,29)(H,30,31)(H,32,33)(H,34,35)/b5-3-. The van der Waals surface area contributed by atoms with Gasteiger partial charge in [-0.15, -0.1) is 0 Å². The molecule has 0 atom stereocenters. The lowest BCUT2D eigenvalue weighted by atomic mass is 10.3. The van der Waals surface area contributed by atoms with Crippen molar-refractivity contribution in [1.82, 2.24) is 24.5 Å². The first-order chi connectivity index (χ1) is 16.4. The van der Waals surface area contributed by atoms with Gasteiger partial charge >= 0.3 is 23.9 Å². The topological polar surface area (TPSA) is 182 Å². The van der Waals surface area contributed by atoms with Gasteiger partial charge in [-0.25, -0.2) is 0 Å². The zero-order valence-corrected chi connectivity index (χ0v) is 20.1. The molecule has 1 rings (SSSR count). The summed E-state index contributed by atoms with van der Waals surface area (Å²) in [6, 6.07) is -0.359.